The SMILES string of the molecule is CCC(=O)[C@H]1CCC2C3CC4OC[C@@]5(CCC(=O)C=C45)C3CC[C@@]21C. The molecule has 0 aromatic rings. The van der Waals surface area contributed by atoms with Crippen LogP contribution < -0.4 is 0 Å². The van der Waals surface area contributed by atoms with E-state index in [9.17, 15) is 9.59 Å². The number of hydrogen-bond acceptors (Lipinski definition) is 3. The zero-order valence-corrected chi connectivity index (χ0v) is 15.6. The van der Waals surface area contributed by atoms with Crippen LogP contribution in [0.2, 0.25) is 0 Å². The van der Waals surface area contributed by atoms with Crippen molar-refractivity contribution in [2.45, 2.75) is 71.3 Å². The molecular weight excluding hydrogens is 312 g/mol. The average Bonchev–Trinajstić information content (AvgIpc) is 3.08. The molecule has 2 bridgehead atoms. The van der Waals surface area contributed by atoms with Crippen LogP contribution in [0, 0.1) is 34.5 Å². The van der Waals surface area contributed by atoms with Crippen LogP contribution in [-0.2, 0) is 14.3 Å². The van der Waals surface area contributed by atoms with Gasteiger partial charge >= 0.3 is 0 Å². The Balaban J connectivity index is 1.51. The molecule has 0 radical (unpaired) electrons. The number of ketones is 2. The Bertz CT molecular complexity index is 664. The fourth-order valence-electron chi connectivity index (χ4n) is 7.81. The number of carbonyl (C=O) groups excluding carboxylic acids is 2. The lowest BCUT2D eigenvalue weighted by Gasteiger charge is -2.56. The Morgan fingerprint density at radius 1 is 1.24 bits per heavy atom. The van der Waals surface area contributed by atoms with Crippen molar-refractivity contribution < 1.29 is 14.3 Å². The first-order chi connectivity index (χ1) is 12.0. The third-order valence-electron chi connectivity index (χ3n) is 8.97. The second-order valence-corrected chi connectivity index (χ2v) is 9.63. The molecule has 25 heavy (non-hydrogen) atoms. The van der Waals surface area contributed by atoms with Gasteiger partial charge in [0, 0.05) is 24.2 Å². The van der Waals surface area contributed by atoms with Crippen LogP contribution in [0.15, 0.2) is 11.6 Å². The fraction of sp³-hybridized carbons (Fsp3) is 0.818. The molecule has 0 N–H and O–H groups in total. The number of rotatable bonds is 2. The topological polar surface area (TPSA) is 43.4 Å². The molecule has 7 atom stereocenters. The summed E-state index contributed by atoms with van der Waals surface area (Å²) < 4.78 is 6.24. The summed E-state index contributed by atoms with van der Waals surface area (Å²) in [5.41, 5.74) is 1.69. The molecule has 0 amide bonds. The van der Waals surface area contributed by atoms with Gasteiger partial charge in [0.1, 0.15) is 5.78 Å². The maximum Gasteiger partial charge on any atom is 0.155 e. The molecule has 4 fully saturated rings. The van der Waals surface area contributed by atoms with Crippen molar-refractivity contribution in [1.82, 2.24) is 0 Å². The Kier molecular flexibility index (Phi) is 3.43. The summed E-state index contributed by atoms with van der Waals surface area (Å²) in [5.74, 6) is 3.09. The first kappa shape index (κ1) is 16.2. The normalized spacial score (nSPS) is 50.7. The Hall–Kier alpha value is -0.960. The molecule has 0 aromatic carbocycles. The van der Waals surface area contributed by atoms with Crippen molar-refractivity contribution in [3.05, 3.63) is 11.6 Å². The maximum absolute atomic E-state index is 12.6. The largest absolute Gasteiger partial charge is 0.373 e. The van der Waals surface area contributed by atoms with Gasteiger partial charge in [-0.3, -0.25) is 9.59 Å². The van der Waals surface area contributed by atoms with Crippen LogP contribution in [0.3, 0.4) is 0 Å². The quantitative estimate of drug-likeness (QED) is 0.759. The van der Waals surface area contributed by atoms with E-state index in [1.165, 1.54) is 24.8 Å². The van der Waals surface area contributed by atoms with E-state index in [1.807, 2.05) is 13.0 Å². The second kappa shape index (κ2) is 5.28. The van der Waals surface area contributed by atoms with E-state index >= 15 is 0 Å². The second-order valence-electron chi connectivity index (χ2n) is 9.63. The van der Waals surface area contributed by atoms with Gasteiger partial charge in [-0.2, -0.15) is 0 Å². The molecule has 5 aliphatic rings. The molecule has 3 saturated carbocycles. The van der Waals surface area contributed by atoms with Crippen LogP contribution >= 0.6 is 0 Å². The molecule has 0 spiro atoms. The highest BCUT2D eigenvalue weighted by atomic mass is 16.5. The van der Waals surface area contributed by atoms with E-state index in [2.05, 4.69) is 6.92 Å². The Morgan fingerprint density at radius 2 is 2.08 bits per heavy atom. The van der Waals surface area contributed by atoms with Crippen molar-refractivity contribution in [2.24, 2.45) is 34.5 Å². The molecular formula is C22H30O3. The van der Waals surface area contributed by atoms with Crippen molar-refractivity contribution in [1.29, 1.82) is 0 Å². The lowest BCUT2D eigenvalue weighted by Crippen LogP contribution is -2.53. The molecule has 1 aliphatic heterocycles. The van der Waals surface area contributed by atoms with E-state index in [0.717, 1.165) is 25.9 Å². The van der Waals surface area contributed by atoms with E-state index in [0.29, 0.717) is 42.2 Å². The van der Waals surface area contributed by atoms with Crippen molar-refractivity contribution in [3.8, 4) is 0 Å². The lowest BCUT2D eigenvalue weighted by atomic mass is 9.46. The number of carbonyl (C=O) groups is 2. The number of ether oxygens (including phenoxy) is 1. The summed E-state index contributed by atoms with van der Waals surface area (Å²) in [4.78, 5) is 24.6. The number of hydrogen-bond donors (Lipinski definition) is 0. The van der Waals surface area contributed by atoms with Gasteiger partial charge in [-0.1, -0.05) is 13.8 Å². The van der Waals surface area contributed by atoms with Crippen LogP contribution in [0.25, 0.3) is 0 Å². The minimum Gasteiger partial charge on any atom is -0.373 e. The number of Topliss-reactive ketones (excluding diaryl/α,β-unsaturated/α-hetero) is 1. The lowest BCUT2D eigenvalue weighted by molar-refractivity contribution is -0.130. The Morgan fingerprint density at radius 3 is 2.88 bits per heavy atom. The summed E-state index contributed by atoms with van der Waals surface area (Å²) in [7, 11) is 0. The number of fused-ring (bicyclic) bond motifs is 3. The van der Waals surface area contributed by atoms with Gasteiger partial charge in [0.05, 0.1) is 12.7 Å². The third kappa shape index (κ3) is 1.97. The summed E-state index contributed by atoms with van der Waals surface area (Å²) in [6.07, 6.45) is 10.3. The fourth-order valence-corrected chi connectivity index (χ4v) is 7.81. The minimum atomic E-state index is 0.148. The maximum atomic E-state index is 12.6. The van der Waals surface area contributed by atoms with Crippen LogP contribution in [0.5, 0.6) is 0 Å². The molecule has 136 valence electrons. The van der Waals surface area contributed by atoms with Gasteiger partial charge in [0.25, 0.3) is 0 Å². The van der Waals surface area contributed by atoms with Crippen molar-refractivity contribution >= 4 is 11.6 Å². The van der Waals surface area contributed by atoms with Gasteiger partial charge in [-0.05, 0) is 73.3 Å². The smallest absolute Gasteiger partial charge is 0.155 e. The summed E-state index contributed by atoms with van der Waals surface area (Å²) in [6.45, 7) is 5.27. The Labute approximate surface area is 150 Å². The van der Waals surface area contributed by atoms with E-state index in [1.54, 1.807) is 0 Å². The first-order valence-corrected chi connectivity index (χ1v) is 10.4. The van der Waals surface area contributed by atoms with Crippen LogP contribution in [0.1, 0.15) is 65.2 Å². The highest BCUT2D eigenvalue weighted by Crippen LogP contribution is 2.68. The first-order valence-electron chi connectivity index (χ1n) is 10.4. The molecule has 5 rings (SSSR count). The molecule has 4 aliphatic carbocycles. The summed E-state index contributed by atoms with van der Waals surface area (Å²) in [5, 5.41) is 0. The zero-order valence-electron chi connectivity index (χ0n) is 15.6. The predicted octanol–water partition coefficient (Wildman–Crippen LogP) is 4.10. The van der Waals surface area contributed by atoms with E-state index in [4.69, 9.17) is 4.74 Å². The van der Waals surface area contributed by atoms with Gasteiger partial charge in [-0.15, -0.1) is 0 Å². The van der Waals surface area contributed by atoms with Crippen molar-refractivity contribution in [2.75, 3.05) is 6.61 Å². The van der Waals surface area contributed by atoms with Crippen molar-refractivity contribution in [3.63, 3.8) is 0 Å². The van der Waals surface area contributed by atoms with Gasteiger partial charge in [0.15, 0.2) is 5.78 Å². The molecule has 0 aromatic heterocycles. The van der Waals surface area contributed by atoms with E-state index in [-0.39, 0.29) is 22.9 Å². The summed E-state index contributed by atoms with van der Waals surface area (Å²) >= 11 is 0. The van der Waals surface area contributed by atoms with E-state index < -0.39 is 0 Å². The highest BCUT2D eigenvalue weighted by Gasteiger charge is 2.64. The van der Waals surface area contributed by atoms with Crippen LogP contribution in [0.4, 0.5) is 0 Å². The third-order valence-corrected chi connectivity index (χ3v) is 8.97. The minimum absolute atomic E-state index is 0.148. The molecule has 3 nitrogen and oxygen atoms in total. The monoisotopic (exact) mass is 342 g/mol. The molecule has 4 unspecified atom stereocenters. The summed E-state index contributed by atoms with van der Waals surface area (Å²) in [6, 6.07) is 0. The van der Waals surface area contributed by atoms with Gasteiger partial charge < -0.3 is 4.74 Å². The highest BCUT2D eigenvalue weighted by molar-refractivity contribution is 5.92. The van der Waals surface area contributed by atoms with Crippen LogP contribution in [-0.4, -0.2) is 24.3 Å². The van der Waals surface area contributed by atoms with Gasteiger partial charge in [0.2, 0.25) is 0 Å². The zero-order chi connectivity index (χ0) is 17.4. The predicted molar refractivity (Wildman–Crippen MR) is 94.9 cm³/mol. The standard InChI is InChI=1S/C22H30O3/c1-3-19(24)17-5-4-15-14-11-20-18-10-13(23)6-9-22(18,12-25-20)16(14)7-8-21(15,17)2/h10,14-17,20H,3-9,11-12H2,1-2H3/t14?,15?,16?,17-,20?,21+,22+/m1/s1. The average molecular weight is 342 g/mol. The molecule has 3 heteroatoms. The molecule has 1 saturated heterocycles. The van der Waals surface area contributed by atoms with Gasteiger partial charge in [-0.25, -0.2) is 0 Å². The molecule has 1 heterocycles.